The van der Waals surface area contributed by atoms with Crippen molar-refractivity contribution in [2.45, 2.75) is 45.8 Å². The van der Waals surface area contributed by atoms with Gasteiger partial charge in [-0.2, -0.15) is 13.2 Å². The first-order valence-electron chi connectivity index (χ1n) is 14.0. The molecular formula is C32H37F3N2O4. The van der Waals surface area contributed by atoms with Crippen LogP contribution in [0.2, 0.25) is 0 Å². The summed E-state index contributed by atoms with van der Waals surface area (Å²) in [6.45, 7) is 10.00. The molecule has 0 bridgehead atoms. The quantitative estimate of drug-likeness (QED) is 0.360. The normalized spacial score (nSPS) is 17.0. The molecule has 2 heterocycles. The lowest BCUT2D eigenvalue weighted by atomic mass is 9.77. The molecule has 1 spiro atoms. The molecule has 1 N–H and O–H groups in total. The van der Waals surface area contributed by atoms with E-state index in [0.29, 0.717) is 11.3 Å². The van der Waals surface area contributed by atoms with Crippen LogP contribution in [0.1, 0.15) is 49.0 Å². The number of carboxylic acids is 1. The molecule has 1 amide bonds. The van der Waals surface area contributed by atoms with Crippen molar-refractivity contribution in [3.05, 3.63) is 77.9 Å². The van der Waals surface area contributed by atoms with Crippen LogP contribution in [0.3, 0.4) is 0 Å². The smallest absolute Gasteiger partial charge is 0.490 e. The molecule has 5 rings (SSSR count). The first kappa shape index (κ1) is 30.4. The number of ether oxygens (including phenoxy) is 1. The number of carboxylic acid groups (broad SMARTS) is 1. The van der Waals surface area contributed by atoms with Crippen LogP contribution < -0.4 is 4.74 Å². The molecule has 2 saturated heterocycles. The number of carbonyl (C=O) groups excluding carboxylic acids is 1. The standard InChI is InChI=1S/C30H36N2O2.C2HF3O2/c1-23(2)21-34-28-13-6-4-9-25(28)20-31-17-14-30(22-31)15-18-32(19-16-30)29(33)27-12-7-10-24-8-3-5-11-26(24)27;3-2(4,5)1(6)7/h3-13,23H,14-22H2,1-2H3;(H,6,7). The van der Waals surface area contributed by atoms with Crippen LogP contribution in [0.15, 0.2) is 66.7 Å². The summed E-state index contributed by atoms with van der Waals surface area (Å²) in [5.74, 6) is -1.04. The van der Waals surface area contributed by atoms with Crippen LogP contribution >= 0.6 is 0 Å². The number of hydrogen-bond donors (Lipinski definition) is 1. The van der Waals surface area contributed by atoms with Crippen molar-refractivity contribution in [2.24, 2.45) is 11.3 Å². The molecule has 0 aliphatic carbocycles. The van der Waals surface area contributed by atoms with E-state index >= 15 is 0 Å². The Morgan fingerprint density at radius 1 is 0.927 bits per heavy atom. The number of benzene rings is 3. The van der Waals surface area contributed by atoms with Gasteiger partial charge in [-0.25, -0.2) is 4.79 Å². The zero-order valence-corrected chi connectivity index (χ0v) is 23.5. The second-order valence-electron chi connectivity index (χ2n) is 11.4. The number of halogens is 3. The Bertz CT molecular complexity index is 1340. The van der Waals surface area contributed by atoms with Crippen molar-refractivity contribution in [3.63, 3.8) is 0 Å². The third-order valence-corrected chi connectivity index (χ3v) is 7.83. The van der Waals surface area contributed by atoms with Crippen molar-refractivity contribution in [1.29, 1.82) is 0 Å². The summed E-state index contributed by atoms with van der Waals surface area (Å²) in [7, 11) is 0. The van der Waals surface area contributed by atoms with Gasteiger partial charge in [0.25, 0.3) is 5.91 Å². The van der Waals surface area contributed by atoms with Crippen molar-refractivity contribution < 1.29 is 32.6 Å². The molecule has 220 valence electrons. The van der Waals surface area contributed by atoms with E-state index in [-0.39, 0.29) is 5.91 Å². The van der Waals surface area contributed by atoms with Crippen molar-refractivity contribution in [2.75, 3.05) is 32.8 Å². The van der Waals surface area contributed by atoms with Gasteiger partial charge in [0, 0.05) is 37.3 Å². The second kappa shape index (κ2) is 12.9. The van der Waals surface area contributed by atoms with E-state index in [0.717, 1.165) is 74.3 Å². The molecular weight excluding hydrogens is 533 g/mol. The Morgan fingerprint density at radius 3 is 2.22 bits per heavy atom. The van der Waals surface area contributed by atoms with Gasteiger partial charge in [-0.1, -0.05) is 68.4 Å². The summed E-state index contributed by atoms with van der Waals surface area (Å²) < 4.78 is 37.8. The number of aliphatic carboxylic acids is 1. The van der Waals surface area contributed by atoms with Gasteiger partial charge in [0.15, 0.2) is 0 Å². The lowest BCUT2D eigenvalue weighted by Crippen LogP contribution is -2.44. The number of likely N-dealkylation sites (tertiary alicyclic amines) is 2. The highest BCUT2D eigenvalue weighted by Crippen LogP contribution is 2.41. The minimum Gasteiger partial charge on any atom is -0.493 e. The fourth-order valence-electron chi connectivity index (χ4n) is 5.61. The first-order valence-corrected chi connectivity index (χ1v) is 14.0. The molecule has 0 atom stereocenters. The SMILES string of the molecule is CC(C)COc1ccccc1CN1CCC2(CCN(C(=O)c3cccc4ccccc34)CC2)C1.O=C(O)C(F)(F)F. The third kappa shape index (κ3) is 7.79. The summed E-state index contributed by atoms with van der Waals surface area (Å²) in [6.07, 6.45) is -1.69. The van der Waals surface area contributed by atoms with Crippen molar-refractivity contribution >= 4 is 22.6 Å². The molecule has 41 heavy (non-hydrogen) atoms. The summed E-state index contributed by atoms with van der Waals surface area (Å²) in [5.41, 5.74) is 2.45. The van der Waals surface area contributed by atoms with Gasteiger partial charge in [0.1, 0.15) is 5.75 Å². The number of hydrogen-bond acceptors (Lipinski definition) is 4. The van der Waals surface area contributed by atoms with Gasteiger partial charge >= 0.3 is 12.1 Å². The van der Waals surface area contributed by atoms with Crippen molar-refractivity contribution in [1.82, 2.24) is 9.80 Å². The Labute approximate surface area is 238 Å². The van der Waals surface area contributed by atoms with E-state index in [2.05, 4.69) is 66.1 Å². The Morgan fingerprint density at radius 2 is 1.54 bits per heavy atom. The third-order valence-electron chi connectivity index (χ3n) is 7.83. The van der Waals surface area contributed by atoms with Gasteiger partial charge in [0.2, 0.25) is 0 Å². The lowest BCUT2D eigenvalue weighted by molar-refractivity contribution is -0.192. The predicted octanol–water partition coefficient (Wildman–Crippen LogP) is 6.64. The average molecular weight is 571 g/mol. The molecule has 9 heteroatoms. The predicted molar refractivity (Wildman–Crippen MR) is 152 cm³/mol. The molecule has 0 saturated carbocycles. The van der Waals surface area contributed by atoms with E-state index in [9.17, 15) is 18.0 Å². The molecule has 2 fully saturated rings. The largest absolute Gasteiger partial charge is 0.493 e. The number of para-hydroxylation sites is 1. The Kier molecular flexibility index (Phi) is 9.58. The Hall–Kier alpha value is -3.59. The minimum absolute atomic E-state index is 0.178. The summed E-state index contributed by atoms with van der Waals surface area (Å²) in [6, 6.07) is 22.7. The molecule has 0 radical (unpaired) electrons. The van der Waals surface area contributed by atoms with Crippen LogP contribution in [-0.2, 0) is 11.3 Å². The molecule has 3 aromatic carbocycles. The maximum absolute atomic E-state index is 13.4. The summed E-state index contributed by atoms with van der Waals surface area (Å²) >= 11 is 0. The fourth-order valence-corrected chi connectivity index (χ4v) is 5.61. The second-order valence-corrected chi connectivity index (χ2v) is 11.4. The number of fused-ring (bicyclic) bond motifs is 1. The van der Waals surface area contributed by atoms with Crippen molar-refractivity contribution in [3.8, 4) is 5.75 Å². The number of nitrogens with zero attached hydrogens (tertiary/aromatic N) is 2. The topological polar surface area (TPSA) is 70.1 Å². The molecule has 6 nitrogen and oxygen atoms in total. The Balaban J connectivity index is 0.000000493. The van der Waals surface area contributed by atoms with Crippen LogP contribution in [0.5, 0.6) is 5.75 Å². The number of amides is 1. The number of piperidine rings is 1. The lowest BCUT2D eigenvalue weighted by Gasteiger charge is -2.39. The zero-order valence-electron chi connectivity index (χ0n) is 23.5. The van der Waals surface area contributed by atoms with E-state index in [1.54, 1.807) is 0 Å². The number of carbonyl (C=O) groups is 2. The summed E-state index contributed by atoms with van der Waals surface area (Å²) in [4.78, 5) is 26.9. The molecule has 2 aliphatic rings. The molecule has 2 aliphatic heterocycles. The number of rotatable bonds is 6. The van der Waals surface area contributed by atoms with Crippen LogP contribution in [0.25, 0.3) is 10.8 Å². The highest BCUT2D eigenvalue weighted by Gasteiger charge is 2.41. The van der Waals surface area contributed by atoms with Gasteiger partial charge in [-0.3, -0.25) is 9.69 Å². The van der Waals surface area contributed by atoms with Crippen LogP contribution in [0, 0.1) is 11.3 Å². The fraction of sp³-hybridized carbons (Fsp3) is 0.438. The molecule has 0 unspecified atom stereocenters. The maximum atomic E-state index is 13.4. The van der Waals surface area contributed by atoms with Gasteiger partial charge in [-0.05, 0) is 60.0 Å². The van der Waals surface area contributed by atoms with E-state index in [1.807, 2.05) is 24.3 Å². The maximum Gasteiger partial charge on any atom is 0.490 e. The summed E-state index contributed by atoms with van der Waals surface area (Å²) in [5, 5.41) is 9.31. The highest BCUT2D eigenvalue weighted by molar-refractivity contribution is 6.07. The van der Waals surface area contributed by atoms with E-state index in [1.165, 1.54) is 12.0 Å². The highest BCUT2D eigenvalue weighted by atomic mass is 19.4. The van der Waals surface area contributed by atoms with Crippen LogP contribution in [-0.4, -0.2) is 65.7 Å². The minimum atomic E-state index is -5.08. The van der Waals surface area contributed by atoms with Gasteiger partial charge < -0.3 is 14.7 Å². The number of alkyl halides is 3. The van der Waals surface area contributed by atoms with Crippen LogP contribution in [0.4, 0.5) is 13.2 Å². The van der Waals surface area contributed by atoms with Gasteiger partial charge in [0.05, 0.1) is 6.61 Å². The van der Waals surface area contributed by atoms with E-state index in [4.69, 9.17) is 14.6 Å². The average Bonchev–Trinajstić information content (AvgIpc) is 3.33. The van der Waals surface area contributed by atoms with E-state index < -0.39 is 12.1 Å². The molecule has 0 aromatic heterocycles. The monoisotopic (exact) mass is 570 g/mol. The van der Waals surface area contributed by atoms with Gasteiger partial charge in [-0.15, -0.1) is 0 Å². The first-order chi connectivity index (χ1) is 19.5. The molecule has 3 aromatic rings. The zero-order chi connectivity index (χ0) is 29.6.